The van der Waals surface area contributed by atoms with Crippen molar-refractivity contribution in [3.8, 4) is 6.07 Å². The van der Waals surface area contributed by atoms with Crippen LogP contribution in [0, 0.1) is 17.2 Å². The van der Waals surface area contributed by atoms with Gasteiger partial charge in [-0.25, -0.2) is 9.67 Å². The van der Waals surface area contributed by atoms with Crippen LogP contribution < -0.4 is 0 Å². The van der Waals surface area contributed by atoms with Crippen molar-refractivity contribution in [1.29, 1.82) is 5.26 Å². The number of nitrogens with zero attached hydrogens (tertiary/aromatic N) is 5. The normalized spacial score (nSPS) is 12.6. The molecule has 1 atom stereocenters. The number of rotatable bonds is 7. The van der Waals surface area contributed by atoms with Gasteiger partial charge >= 0.3 is 0 Å². The maximum Gasteiger partial charge on any atom is 0.141 e. The van der Waals surface area contributed by atoms with E-state index < -0.39 is 0 Å². The van der Waals surface area contributed by atoms with Crippen LogP contribution in [0.3, 0.4) is 0 Å². The predicted octanol–water partition coefficient (Wildman–Crippen LogP) is 1.67. The van der Waals surface area contributed by atoms with E-state index in [-0.39, 0.29) is 5.92 Å². The van der Waals surface area contributed by atoms with Crippen LogP contribution >= 0.6 is 0 Å². The summed E-state index contributed by atoms with van der Waals surface area (Å²) < 4.78 is 1.94. The van der Waals surface area contributed by atoms with E-state index in [9.17, 15) is 0 Å². The highest BCUT2D eigenvalue weighted by Gasteiger charge is 2.12. The highest BCUT2D eigenvalue weighted by molar-refractivity contribution is 4.87. The van der Waals surface area contributed by atoms with Gasteiger partial charge in [0.25, 0.3) is 0 Å². The van der Waals surface area contributed by atoms with Crippen LogP contribution in [0.2, 0.25) is 0 Å². The van der Waals surface area contributed by atoms with Crippen LogP contribution in [-0.2, 0) is 13.1 Å². The Bertz CT molecular complexity index is 365. The Morgan fingerprint density at radius 2 is 2.29 bits per heavy atom. The van der Waals surface area contributed by atoms with Gasteiger partial charge in [0.2, 0.25) is 0 Å². The summed E-state index contributed by atoms with van der Waals surface area (Å²) in [6, 6.07) is 2.26. The second-order valence-corrected chi connectivity index (χ2v) is 4.26. The average molecular weight is 235 g/mol. The summed E-state index contributed by atoms with van der Waals surface area (Å²) in [7, 11) is 0. The molecule has 0 radical (unpaired) electrons. The second-order valence-electron chi connectivity index (χ2n) is 4.26. The molecule has 0 aromatic carbocycles. The molecular formula is C12H21N5. The number of hydrogen-bond donors (Lipinski definition) is 0. The molecule has 1 heterocycles. The van der Waals surface area contributed by atoms with Gasteiger partial charge in [0, 0.05) is 13.1 Å². The summed E-state index contributed by atoms with van der Waals surface area (Å²) in [5, 5.41) is 13.0. The van der Waals surface area contributed by atoms with Gasteiger partial charge < -0.3 is 0 Å². The Balaban J connectivity index is 2.61. The Hall–Kier alpha value is -1.41. The van der Waals surface area contributed by atoms with Gasteiger partial charge in [-0.15, -0.1) is 0 Å². The molecule has 0 fully saturated rings. The smallest absolute Gasteiger partial charge is 0.141 e. The van der Waals surface area contributed by atoms with Crippen LogP contribution in [0.5, 0.6) is 0 Å². The van der Waals surface area contributed by atoms with E-state index in [1.165, 1.54) is 0 Å². The molecule has 1 aromatic heterocycles. The quantitative estimate of drug-likeness (QED) is 0.721. The molecule has 0 aliphatic rings. The summed E-state index contributed by atoms with van der Waals surface area (Å²) in [4.78, 5) is 6.51. The topological polar surface area (TPSA) is 57.7 Å². The van der Waals surface area contributed by atoms with Crippen LogP contribution in [-0.4, -0.2) is 32.8 Å². The minimum Gasteiger partial charge on any atom is -0.295 e. The zero-order chi connectivity index (χ0) is 12.7. The summed E-state index contributed by atoms with van der Waals surface area (Å²) in [5.74, 6) is 1.04. The van der Waals surface area contributed by atoms with Crippen molar-refractivity contribution in [2.75, 3.05) is 13.1 Å². The third-order valence-electron chi connectivity index (χ3n) is 2.70. The molecule has 0 bridgehead atoms. The second kappa shape index (κ2) is 7.02. The Morgan fingerprint density at radius 3 is 2.88 bits per heavy atom. The average Bonchev–Trinajstić information content (AvgIpc) is 2.76. The van der Waals surface area contributed by atoms with Gasteiger partial charge in [0.1, 0.15) is 12.2 Å². The van der Waals surface area contributed by atoms with Crippen molar-refractivity contribution in [3.05, 3.63) is 12.2 Å². The molecule has 5 heteroatoms. The lowest BCUT2D eigenvalue weighted by Gasteiger charge is -2.21. The molecular weight excluding hydrogens is 214 g/mol. The number of aromatic nitrogens is 3. The summed E-state index contributed by atoms with van der Waals surface area (Å²) in [5.41, 5.74) is 0. The van der Waals surface area contributed by atoms with Crippen LogP contribution in [0.15, 0.2) is 6.33 Å². The lowest BCUT2D eigenvalue weighted by atomic mass is 10.2. The summed E-state index contributed by atoms with van der Waals surface area (Å²) in [6.07, 6.45) is 2.66. The van der Waals surface area contributed by atoms with Crippen LogP contribution in [0.1, 0.15) is 33.0 Å². The minimum absolute atomic E-state index is 0.0532. The van der Waals surface area contributed by atoms with Crippen LogP contribution in [0.4, 0.5) is 0 Å². The highest BCUT2D eigenvalue weighted by atomic mass is 15.3. The van der Waals surface area contributed by atoms with E-state index in [0.29, 0.717) is 0 Å². The Morgan fingerprint density at radius 1 is 1.53 bits per heavy atom. The van der Waals surface area contributed by atoms with Gasteiger partial charge in [-0.1, -0.05) is 13.8 Å². The fourth-order valence-corrected chi connectivity index (χ4v) is 1.74. The third kappa shape index (κ3) is 4.16. The van der Waals surface area contributed by atoms with Crippen molar-refractivity contribution >= 4 is 0 Å². The van der Waals surface area contributed by atoms with Gasteiger partial charge in [0.15, 0.2) is 0 Å². The number of aryl methyl sites for hydroxylation is 1. The highest BCUT2D eigenvalue weighted by Crippen LogP contribution is 2.05. The largest absolute Gasteiger partial charge is 0.295 e. The summed E-state index contributed by atoms with van der Waals surface area (Å²) >= 11 is 0. The predicted molar refractivity (Wildman–Crippen MR) is 66.0 cm³/mol. The van der Waals surface area contributed by atoms with E-state index >= 15 is 0 Å². The molecule has 0 amide bonds. The molecule has 0 saturated carbocycles. The maximum absolute atomic E-state index is 8.83. The molecule has 17 heavy (non-hydrogen) atoms. The van der Waals surface area contributed by atoms with E-state index in [2.05, 4.69) is 34.9 Å². The molecule has 0 N–H and O–H groups in total. The Labute approximate surface area is 103 Å². The van der Waals surface area contributed by atoms with Gasteiger partial charge in [0.05, 0.1) is 18.5 Å². The van der Waals surface area contributed by atoms with E-state index in [4.69, 9.17) is 5.26 Å². The minimum atomic E-state index is 0.0532. The number of nitriles is 1. The first kappa shape index (κ1) is 13.7. The summed E-state index contributed by atoms with van der Waals surface area (Å²) in [6.45, 7) is 9.55. The van der Waals surface area contributed by atoms with Gasteiger partial charge in [-0.3, -0.25) is 4.90 Å². The number of hydrogen-bond acceptors (Lipinski definition) is 4. The SMILES string of the molecule is CCCn1ncnc1CN(CC)CC(C)C#N. The molecule has 5 nitrogen and oxygen atoms in total. The lowest BCUT2D eigenvalue weighted by Crippen LogP contribution is -2.29. The molecule has 0 aliphatic carbocycles. The molecule has 94 valence electrons. The first-order valence-corrected chi connectivity index (χ1v) is 6.19. The molecule has 0 saturated heterocycles. The van der Waals surface area contributed by atoms with Crippen molar-refractivity contribution in [2.24, 2.45) is 5.92 Å². The van der Waals surface area contributed by atoms with Gasteiger partial charge in [-0.2, -0.15) is 10.4 Å². The van der Waals surface area contributed by atoms with Gasteiger partial charge in [-0.05, 0) is 19.9 Å². The van der Waals surface area contributed by atoms with E-state index in [1.807, 2.05) is 11.6 Å². The monoisotopic (exact) mass is 235 g/mol. The fraction of sp³-hybridized carbons (Fsp3) is 0.750. The fourth-order valence-electron chi connectivity index (χ4n) is 1.74. The molecule has 0 spiro atoms. The molecule has 1 aromatic rings. The zero-order valence-corrected chi connectivity index (χ0v) is 10.9. The lowest BCUT2D eigenvalue weighted by molar-refractivity contribution is 0.249. The first-order chi connectivity index (χ1) is 8.21. The third-order valence-corrected chi connectivity index (χ3v) is 2.70. The van der Waals surface area contributed by atoms with E-state index in [1.54, 1.807) is 6.33 Å². The maximum atomic E-state index is 8.83. The van der Waals surface area contributed by atoms with Crippen molar-refractivity contribution in [1.82, 2.24) is 19.7 Å². The molecule has 0 aliphatic heterocycles. The van der Waals surface area contributed by atoms with Crippen molar-refractivity contribution < 1.29 is 0 Å². The first-order valence-electron chi connectivity index (χ1n) is 6.19. The van der Waals surface area contributed by atoms with E-state index in [0.717, 1.165) is 38.4 Å². The molecule has 1 unspecified atom stereocenters. The van der Waals surface area contributed by atoms with Crippen molar-refractivity contribution in [3.63, 3.8) is 0 Å². The Kier molecular flexibility index (Phi) is 5.64. The standard InChI is InChI=1S/C12H21N5/c1-4-6-17-12(14-10-15-17)9-16(5-2)8-11(3)7-13/h10-11H,4-6,8-9H2,1-3H3. The molecule has 1 rings (SSSR count). The van der Waals surface area contributed by atoms with Crippen molar-refractivity contribution in [2.45, 2.75) is 40.3 Å². The van der Waals surface area contributed by atoms with Crippen LogP contribution in [0.25, 0.3) is 0 Å². The zero-order valence-electron chi connectivity index (χ0n) is 10.9.